The van der Waals surface area contributed by atoms with E-state index in [1.54, 1.807) is 0 Å². The number of aromatic amines is 1. The highest BCUT2D eigenvalue weighted by Gasteiger charge is 2.24. The largest absolute Gasteiger partial charge is 0.341 e. The second kappa shape index (κ2) is 7.07. The summed E-state index contributed by atoms with van der Waals surface area (Å²) < 4.78 is 1.05. The molecule has 4 nitrogen and oxygen atoms in total. The standard InChI is InChI=1S/C16H17BrN4S/c17-13-4-3-5-14(12-13)19-16(22)21-10-8-20(9-11-21)15-6-1-2-7-18-15/h1-7,12H,8-11H2,(H,19,22)/p+1. The highest BCUT2D eigenvalue weighted by atomic mass is 79.9. The first kappa shape index (κ1) is 15.2. The van der Waals surface area contributed by atoms with E-state index in [0.717, 1.165) is 47.3 Å². The van der Waals surface area contributed by atoms with Crippen molar-refractivity contribution < 1.29 is 4.98 Å². The van der Waals surface area contributed by atoms with Gasteiger partial charge in [-0.15, -0.1) is 0 Å². The van der Waals surface area contributed by atoms with Crippen LogP contribution in [0.1, 0.15) is 0 Å². The molecule has 0 aliphatic carbocycles. The van der Waals surface area contributed by atoms with Gasteiger partial charge >= 0.3 is 0 Å². The summed E-state index contributed by atoms with van der Waals surface area (Å²) in [6, 6.07) is 14.2. The lowest BCUT2D eigenvalue weighted by atomic mass is 10.3. The van der Waals surface area contributed by atoms with E-state index in [2.05, 4.69) is 48.2 Å². The number of benzene rings is 1. The fourth-order valence-electron chi connectivity index (χ4n) is 2.50. The fourth-order valence-corrected chi connectivity index (χ4v) is 3.20. The van der Waals surface area contributed by atoms with Crippen LogP contribution >= 0.6 is 28.1 Å². The van der Waals surface area contributed by atoms with Crippen molar-refractivity contribution >= 4 is 44.8 Å². The molecule has 0 radical (unpaired) electrons. The van der Waals surface area contributed by atoms with E-state index < -0.39 is 0 Å². The van der Waals surface area contributed by atoms with Crippen molar-refractivity contribution in [1.82, 2.24) is 4.90 Å². The van der Waals surface area contributed by atoms with E-state index in [1.807, 2.05) is 36.5 Å². The molecule has 1 aliphatic heterocycles. The summed E-state index contributed by atoms with van der Waals surface area (Å²) in [6.07, 6.45) is 1.96. The summed E-state index contributed by atoms with van der Waals surface area (Å²) in [5, 5.41) is 4.09. The first-order valence-corrected chi connectivity index (χ1v) is 8.46. The van der Waals surface area contributed by atoms with Gasteiger partial charge in [0.25, 0.3) is 5.82 Å². The molecule has 1 saturated heterocycles. The van der Waals surface area contributed by atoms with Crippen molar-refractivity contribution in [3.63, 3.8) is 0 Å². The van der Waals surface area contributed by atoms with E-state index >= 15 is 0 Å². The van der Waals surface area contributed by atoms with Crippen LogP contribution in [-0.4, -0.2) is 36.2 Å². The van der Waals surface area contributed by atoms with E-state index in [4.69, 9.17) is 12.2 Å². The third kappa shape index (κ3) is 3.75. The van der Waals surface area contributed by atoms with Gasteiger partial charge in [0.2, 0.25) is 0 Å². The van der Waals surface area contributed by atoms with Crippen molar-refractivity contribution in [1.29, 1.82) is 0 Å². The minimum Gasteiger partial charge on any atom is -0.341 e. The fraction of sp³-hybridized carbons (Fsp3) is 0.250. The van der Waals surface area contributed by atoms with Gasteiger partial charge in [-0.2, -0.15) is 0 Å². The Kier molecular flexibility index (Phi) is 4.90. The van der Waals surface area contributed by atoms with E-state index in [9.17, 15) is 0 Å². The van der Waals surface area contributed by atoms with Gasteiger partial charge in [0, 0.05) is 16.2 Å². The number of anilines is 2. The third-order valence-electron chi connectivity index (χ3n) is 3.68. The van der Waals surface area contributed by atoms with Crippen molar-refractivity contribution in [2.45, 2.75) is 0 Å². The molecular formula is C16H18BrN4S+. The summed E-state index contributed by atoms with van der Waals surface area (Å²) in [7, 11) is 0. The first-order chi connectivity index (χ1) is 10.7. The lowest BCUT2D eigenvalue weighted by molar-refractivity contribution is -0.364. The number of nitrogens with zero attached hydrogens (tertiary/aromatic N) is 2. The average Bonchev–Trinajstić information content (AvgIpc) is 2.56. The van der Waals surface area contributed by atoms with Crippen LogP contribution in [0.15, 0.2) is 53.1 Å². The summed E-state index contributed by atoms with van der Waals surface area (Å²) in [6.45, 7) is 3.76. The van der Waals surface area contributed by atoms with Gasteiger partial charge in [-0.3, -0.25) is 4.90 Å². The number of aromatic nitrogens is 1. The molecule has 1 aromatic heterocycles. The van der Waals surface area contributed by atoms with Crippen molar-refractivity contribution in [2.75, 3.05) is 36.4 Å². The molecule has 22 heavy (non-hydrogen) atoms. The van der Waals surface area contributed by atoms with Crippen LogP contribution in [0.4, 0.5) is 11.5 Å². The van der Waals surface area contributed by atoms with E-state index in [1.165, 1.54) is 0 Å². The molecule has 0 saturated carbocycles. The Morgan fingerprint density at radius 1 is 1.09 bits per heavy atom. The summed E-state index contributed by atoms with van der Waals surface area (Å²) in [5.41, 5.74) is 1.01. The predicted octanol–water partition coefficient (Wildman–Crippen LogP) is 2.78. The quantitative estimate of drug-likeness (QED) is 0.815. The van der Waals surface area contributed by atoms with Gasteiger partial charge in [0.05, 0.1) is 19.3 Å². The highest BCUT2D eigenvalue weighted by Crippen LogP contribution is 2.17. The number of H-pyrrole nitrogens is 1. The maximum Gasteiger partial charge on any atom is 0.274 e. The molecule has 0 bridgehead atoms. The number of hydrogen-bond acceptors (Lipinski definition) is 2. The Bertz CT molecular complexity index is 642. The molecule has 2 aromatic rings. The molecule has 0 unspecified atom stereocenters. The molecule has 1 fully saturated rings. The highest BCUT2D eigenvalue weighted by molar-refractivity contribution is 9.10. The van der Waals surface area contributed by atoms with Gasteiger partial charge < -0.3 is 10.2 Å². The van der Waals surface area contributed by atoms with Gasteiger partial charge in [-0.1, -0.05) is 28.1 Å². The monoisotopic (exact) mass is 377 g/mol. The predicted molar refractivity (Wildman–Crippen MR) is 97.1 cm³/mol. The number of hydrogen-bond donors (Lipinski definition) is 1. The Morgan fingerprint density at radius 2 is 1.91 bits per heavy atom. The minimum absolute atomic E-state index is 0.787. The topological polar surface area (TPSA) is 32.6 Å². The average molecular weight is 378 g/mol. The Labute approximate surface area is 144 Å². The summed E-state index contributed by atoms with van der Waals surface area (Å²) in [4.78, 5) is 7.85. The zero-order chi connectivity index (χ0) is 15.4. The van der Waals surface area contributed by atoms with Crippen LogP contribution in [0.5, 0.6) is 0 Å². The van der Waals surface area contributed by atoms with Crippen LogP contribution in [-0.2, 0) is 0 Å². The molecule has 1 aliphatic rings. The molecule has 1 aromatic carbocycles. The van der Waals surface area contributed by atoms with Crippen molar-refractivity contribution in [3.8, 4) is 0 Å². The Hall–Kier alpha value is -1.66. The number of thiocarbonyl (C=S) groups is 1. The van der Waals surface area contributed by atoms with Crippen LogP contribution in [0.3, 0.4) is 0 Å². The van der Waals surface area contributed by atoms with Crippen LogP contribution in [0.25, 0.3) is 0 Å². The van der Waals surface area contributed by atoms with Crippen LogP contribution in [0, 0.1) is 0 Å². The molecule has 0 atom stereocenters. The maximum atomic E-state index is 5.53. The minimum atomic E-state index is 0.787. The molecule has 6 heteroatoms. The van der Waals surface area contributed by atoms with Gasteiger partial charge in [0.15, 0.2) is 5.11 Å². The zero-order valence-corrected chi connectivity index (χ0v) is 14.5. The molecule has 0 amide bonds. The van der Waals surface area contributed by atoms with Gasteiger partial charge in [-0.25, -0.2) is 4.98 Å². The number of rotatable bonds is 2. The van der Waals surface area contributed by atoms with Crippen molar-refractivity contribution in [2.24, 2.45) is 0 Å². The lowest BCUT2D eigenvalue weighted by Gasteiger charge is -2.32. The molecular weight excluding hydrogens is 360 g/mol. The van der Waals surface area contributed by atoms with Crippen LogP contribution in [0.2, 0.25) is 0 Å². The van der Waals surface area contributed by atoms with Gasteiger partial charge in [0.1, 0.15) is 13.1 Å². The first-order valence-electron chi connectivity index (χ1n) is 7.25. The number of nitrogens with one attached hydrogen (secondary N) is 2. The molecule has 114 valence electrons. The summed E-state index contributed by atoms with van der Waals surface area (Å²) in [5.74, 6) is 1.16. The Balaban J connectivity index is 1.56. The van der Waals surface area contributed by atoms with Crippen LogP contribution < -0.4 is 15.2 Å². The molecule has 0 spiro atoms. The second-order valence-corrected chi connectivity index (χ2v) is 6.46. The van der Waals surface area contributed by atoms with E-state index in [0.29, 0.717) is 0 Å². The number of pyridine rings is 1. The third-order valence-corrected chi connectivity index (χ3v) is 4.53. The number of piperazine rings is 1. The molecule has 2 N–H and O–H groups in total. The second-order valence-electron chi connectivity index (χ2n) is 5.16. The number of halogens is 1. The maximum absolute atomic E-state index is 5.53. The Morgan fingerprint density at radius 3 is 2.59 bits per heavy atom. The SMILES string of the molecule is S=C(Nc1cccc(Br)c1)N1CCN(c2cccc[nH+]2)CC1. The summed E-state index contributed by atoms with van der Waals surface area (Å²) >= 11 is 9.00. The van der Waals surface area contributed by atoms with Crippen molar-refractivity contribution in [3.05, 3.63) is 53.1 Å². The smallest absolute Gasteiger partial charge is 0.274 e. The molecule has 3 rings (SSSR count). The van der Waals surface area contributed by atoms with Gasteiger partial charge in [-0.05, 0) is 36.5 Å². The zero-order valence-electron chi connectivity index (χ0n) is 12.1. The normalized spacial score (nSPS) is 14.8. The lowest BCUT2D eigenvalue weighted by Crippen LogP contribution is -2.51. The van der Waals surface area contributed by atoms with E-state index in [-0.39, 0.29) is 0 Å². The molecule has 2 heterocycles.